The molecular weight excluding hydrogens is 364 g/mol. The number of aromatic nitrogens is 4. The Morgan fingerprint density at radius 3 is 2.93 bits per heavy atom. The molecule has 7 heteroatoms. The van der Waals surface area contributed by atoms with Gasteiger partial charge in [0.15, 0.2) is 0 Å². The van der Waals surface area contributed by atoms with Crippen LogP contribution in [0, 0.1) is 0 Å². The Bertz CT molecular complexity index is 1120. The predicted octanol–water partition coefficient (Wildman–Crippen LogP) is 4.06. The van der Waals surface area contributed by atoms with E-state index in [9.17, 15) is 0 Å². The first-order valence-corrected chi connectivity index (χ1v) is 9.85. The van der Waals surface area contributed by atoms with Gasteiger partial charge >= 0.3 is 0 Å². The van der Waals surface area contributed by atoms with Gasteiger partial charge in [-0.2, -0.15) is 4.98 Å². The summed E-state index contributed by atoms with van der Waals surface area (Å²) in [6.07, 6.45) is 5.85. The van der Waals surface area contributed by atoms with E-state index in [1.165, 1.54) is 10.9 Å². The number of fused-ring (bicyclic) bond motifs is 1. The number of nitrogens with one attached hydrogen (secondary N) is 1. The zero-order chi connectivity index (χ0) is 19.6. The van der Waals surface area contributed by atoms with E-state index in [1.807, 2.05) is 43.6 Å². The Labute approximate surface area is 168 Å². The summed E-state index contributed by atoms with van der Waals surface area (Å²) in [5, 5.41) is 8.36. The summed E-state index contributed by atoms with van der Waals surface area (Å²) in [7, 11) is 1.84. The summed E-state index contributed by atoms with van der Waals surface area (Å²) in [6.45, 7) is 1.83. The number of pyridine rings is 2. The Morgan fingerprint density at radius 1 is 1.14 bits per heavy atom. The molecule has 4 heterocycles. The number of hydrogen-bond acceptors (Lipinski definition) is 7. The third kappa shape index (κ3) is 3.56. The lowest BCUT2D eigenvalue weighted by Gasteiger charge is -2.21. The van der Waals surface area contributed by atoms with Crippen molar-refractivity contribution in [1.29, 1.82) is 0 Å². The number of hydrogen-bond donors (Lipinski definition) is 1. The summed E-state index contributed by atoms with van der Waals surface area (Å²) < 4.78 is 5.64. The zero-order valence-electron chi connectivity index (χ0n) is 16.2. The van der Waals surface area contributed by atoms with Gasteiger partial charge in [-0.05, 0) is 49.2 Å². The summed E-state index contributed by atoms with van der Waals surface area (Å²) >= 11 is 0. The number of likely N-dealkylation sites (tertiary alicyclic amines) is 1. The number of nitrogens with zero attached hydrogens (tertiary/aromatic N) is 5. The molecule has 4 aromatic rings. The minimum absolute atomic E-state index is 0.132. The van der Waals surface area contributed by atoms with Crippen LogP contribution in [0.25, 0.3) is 22.3 Å². The summed E-state index contributed by atoms with van der Waals surface area (Å²) in [6, 6.07) is 14.4. The van der Waals surface area contributed by atoms with Crippen LogP contribution in [-0.2, 0) is 6.54 Å². The maximum atomic E-state index is 5.64. The highest BCUT2D eigenvalue weighted by molar-refractivity contribution is 5.78. The Balaban J connectivity index is 1.35. The molecule has 0 saturated carbocycles. The second-order valence-electron chi connectivity index (χ2n) is 7.30. The lowest BCUT2D eigenvalue weighted by atomic mass is 10.1. The van der Waals surface area contributed by atoms with E-state index in [1.54, 1.807) is 6.20 Å². The average molecular weight is 386 g/mol. The van der Waals surface area contributed by atoms with Crippen molar-refractivity contribution in [3.63, 3.8) is 0 Å². The van der Waals surface area contributed by atoms with Gasteiger partial charge in [0, 0.05) is 36.9 Å². The zero-order valence-corrected chi connectivity index (χ0v) is 16.2. The molecule has 1 aliphatic heterocycles. The Kier molecular flexibility index (Phi) is 4.65. The van der Waals surface area contributed by atoms with Gasteiger partial charge in [0.1, 0.15) is 5.82 Å². The molecule has 1 aliphatic rings. The SMILES string of the molecule is CNc1ccc(-c2noc([C@@H]3CCCN3Cc3cnc4ccccc4c3)n2)cn1. The molecule has 3 aromatic heterocycles. The van der Waals surface area contributed by atoms with Crippen molar-refractivity contribution in [2.75, 3.05) is 18.9 Å². The molecule has 1 aromatic carbocycles. The third-order valence-corrected chi connectivity index (χ3v) is 5.40. The molecular formula is C22H22N6O. The van der Waals surface area contributed by atoms with Crippen LogP contribution in [0.1, 0.15) is 30.3 Å². The van der Waals surface area contributed by atoms with Crippen LogP contribution in [0.5, 0.6) is 0 Å². The van der Waals surface area contributed by atoms with Crippen molar-refractivity contribution in [3.8, 4) is 11.4 Å². The van der Waals surface area contributed by atoms with Gasteiger partial charge in [-0.25, -0.2) is 4.98 Å². The minimum Gasteiger partial charge on any atom is -0.373 e. The molecule has 1 saturated heterocycles. The molecule has 0 amide bonds. The van der Waals surface area contributed by atoms with Crippen molar-refractivity contribution >= 4 is 16.7 Å². The molecule has 1 atom stereocenters. The molecule has 1 N–H and O–H groups in total. The van der Waals surface area contributed by atoms with Crippen LogP contribution in [0.15, 0.2) is 59.4 Å². The molecule has 5 rings (SSSR count). The van der Waals surface area contributed by atoms with E-state index in [4.69, 9.17) is 4.52 Å². The first-order chi connectivity index (χ1) is 14.3. The van der Waals surface area contributed by atoms with E-state index < -0.39 is 0 Å². The molecule has 7 nitrogen and oxygen atoms in total. The van der Waals surface area contributed by atoms with Gasteiger partial charge in [0.05, 0.1) is 11.6 Å². The van der Waals surface area contributed by atoms with Crippen molar-refractivity contribution < 1.29 is 4.52 Å². The highest BCUT2D eigenvalue weighted by Crippen LogP contribution is 2.33. The smallest absolute Gasteiger partial charge is 0.244 e. The first kappa shape index (κ1) is 17.8. The van der Waals surface area contributed by atoms with Gasteiger partial charge < -0.3 is 9.84 Å². The predicted molar refractivity (Wildman–Crippen MR) is 111 cm³/mol. The molecule has 0 aliphatic carbocycles. The molecule has 29 heavy (non-hydrogen) atoms. The third-order valence-electron chi connectivity index (χ3n) is 5.40. The molecule has 0 spiro atoms. The lowest BCUT2D eigenvalue weighted by molar-refractivity contribution is 0.201. The van der Waals surface area contributed by atoms with Gasteiger partial charge in [0.2, 0.25) is 11.7 Å². The molecule has 146 valence electrons. The second kappa shape index (κ2) is 7.60. The fourth-order valence-corrected chi connectivity index (χ4v) is 3.89. The highest BCUT2D eigenvalue weighted by atomic mass is 16.5. The fourth-order valence-electron chi connectivity index (χ4n) is 3.89. The summed E-state index contributed by atoms with van der Waals surface area (Å²) in [5.41, 5.74) is 3.07. The van der Waals surface area contributed by atoms with E-state index >= 15 is 0 Å². The highest BCUT2D eigenvalue weighted by Gasteiger charge is 2.31. The standard InChI is InChI=1S/C22H22N6O/c1-23-20-9-8-17(13-25-20)21-26-22(29-27-21)19-7-4-10-28(19)14-15-11-16-5-2-3-6-18(16)24-12-15/h2-3,5-6,8-9,11-13,19H,4,7,10,14H2,1H3,(H,23,25)/t19-/m0/s1. The van der Waals surface area contributed by atoms with E-state index in [-0.39, 0.29) is 6.04 Å². The minimum atomic E-state index is 0.132. The molecule has 1 fully saturated rings. The maximum absolute atomic E-state index is 5.64. The summed E-state index contributed by atoms with van der Waals surface area (Å²) in [5.74, 6) is 2.06. The van der Waals surface area contributed by atoms with Crippen molar-refractivity contribution in [2.24, 2.45) is 0 Å². The average Bonchev–Trinajstić information content (AvgIpc) is 3.43. The first-order valence-electron chi connectivity index (χ1n) is 9.85. The normalized spacial score (nSPS) is 17.1. The second-order valence-corrected chi connectivity index (χ2v) is 7.30. The number of anilines is 1. The number of benzene rings is 1. The maximum Gasteiger partial charge on any atom is 0.244 e. The van der Waals surface area contributed by atoms with Gasteiger partial charge in [-0.3, -0.25) is 9.88 Å². The lowest BCUT2D eigenvalue weighted by Crippen LogP contribution is -2.23. The van der Waals surface area contributed by atoms with E-state index in [0.717, 1.165) is 42.8 Å². The quantitative estimate of drug-likeness (QED) is 0.554. The Hall–Kier alpha value is -3.32. The van der Waals surface area contributed by atoms with E-state index in [0.29, 0.717) is 11.7 Å². The van der Waals surface area contributed by atoms with Crippen LogP contribution in [0.4, 0.5) is 5.82 Å². The van der Waals surface area contributed by atoms with Crippen molar-refractivity contribution in [3.05, 3.63) is 66.3 Å². The van der Waals surface area contributed by atoms with Crippen LogP contribution < -0.4 is 5.32 Å². The van der Waals surface area contributed by atoms with Crippen molar-refractivity contribution in [2.45, 2.75) is 25.4 Å². The van der Waals surface area contributed by atoms with E-state index in [2.05, 4.69) is 42.5 Å². The fraction of sp³-hybridized carbons (Fsp3) is 0.273. The van der Waals surface area contributed by atoms with Gasteiger partial charge in [-0.1, -0.05) is 23.4 Å². The number of para-hydroxylation sites is 1. The number of rotatable bonds is 5. The topological polar surface area (TPSA) is 80.0 Å². The van der Waals surface area contributed by atoms with Crippen LogP contribution in [0.3, 0.4) is 0 Å². The van der Waals surface area contributed by atoms with Gasteiger partial charge in [-0.15, -0.1) is 0 Å². The van der Waals surface area contributed by atoms with Gasteiger partial charge in [0.25, 0.3) is 0 Å². The van der Waals surface area contributed by atoms with Crippen molar-refractivity contribution in [1.82, 2.24) is 25.0 Å². The molecule has 0 radical (unpaired) electrons. The van der Waals surface area contributed by atoms with Crippen LogP contribution in [-0.4, -0.2) is 38.6 Å². The van der Waals surface area contributed by atoms with Crippen LogP contribution >= 0.6 is 0 Å². The summed E-state index contributed by atoms with van der Waals surface area (Å²) in [4.78, 5) is 16.0. The molecule has 0 bridgehead atoms. The Morgan fingerprint density at radius 2 is 2.07 bits per heavy atom. The monoisotopic (exact) mass is 386 g/mol. The van der Waals surface area contributed by atoms with Crippen LogP contribution in [0.2, 0.25) is 0 Å². The molecule has 0 unspecified atom stereocenters. The largest absolute Gasteiger partial charge is 0.373 e.